The second kappa shape index (κ2) is 9.62. The molecule has 3 aromatic rings. The van der Waals surface area contributed by atoms with E-state index >= 15 is 0 Å². The SMILES string of the molecule is CCNC(=O)c1cc2ccc(OC(=O)/C=C/c3ccc(OC)cc3OC)cc2oc1=O. The molecule has 1 aromatic heterocycles. The van der Waals surface area contributed by atoms with Gasteiger partial charge in [-0.2, -0.15) is 0 Å². The minimum absolute atomic E-state index is 0.0875. The monoisotopic (exact) mass is 423 g/mol. The number of rotatable bonds is 7. The van der Waals surface area contributed by atoms with Crippen LogP contribution in [-0.2, 0) is 4.79 Å². The molecule has 0 saturated carbocycles. The van der Waals surface area contributed by atoms with Crippen molar-refractivity contribution in [1.82, 2.24) is 5.32 Å². The summed E-state index contributed by atoms with van der Waals surface area (Å²) in [6.45, 7) is 2.14. The van der Waals surface area contributed by atoms with Crippen LogP contribution in [0.2, 0.25) is 0 Å². The van der Waals surface area contributed by atoms with E-state index in [9.17, 15) is 14.4 Å². The highest BCUT2D eigenvalue weighted by molar-refractivity contribution is 5.97. The summed E-state index contributed by atoms with van der Waals surface area (Å²) in [5, 5.41) is 3.08. The van der Waals surface area contributed by atoms with Gasteiger partial charge >= 0.3 is 11.6 Å². The fourth-order valence-electron chi connectivity index (χ4n) is 2.83. The van der Waals surface area contributed by atoms with Gasteiger partial charge < -0.3 is 23.9 Å². The molecule has 0 fully saturated rings. The lowest BCUT2D eigenvalue weighted by Crippen LogP contribution is -2.27. The van der Waals surface area contributed by atoms with Crippen molar-refractivity contribution in [3.63, 3.8) is 0 Å². The summed E-state index contributed by atoms with van der Waals surface area (Å²) in [7, 11) is 3.07. The highest BCUT2D eigenvalue weighted by atomic mass is 16.5. The first-order valence-corrected chi connectivity index (χ1v) is 9.43. The van der Waals surface area contributed by atoms with E-state index in [1.165, 1.54) is 25.3 Å². The van der Waals surface area contributed by atoms with Gasteiger partial charge in [-0.25, -0.2) is 9.59 Å². The molecule has 0 unspecified atom stereocenters. The number of esters is 1. The van der Waals surface area contributed by atoms with Crippen molar-refractivity contribution in [2.45, 2.75) is 6.92 Å². The molecule has 31 heavy (non-hydrogen) atoms. The molecule has 0 spiro atoms. The number of methoxy groups -OCH3 is 2. The van der Waals surface area contributed by atoms with Gasteiger partial charge in [0.15, 0.2) is 0 Å². The van der Waals surface area contributed by atoms with E-state index < -0.39 is 17.5 Å². The van der Waals surface area contributed by atoms with E-state index in [0.717, 1.165) is 0 Å². The Kier molecular flexibility index (Phi) is 6.71. The smallest absolute Gasteiger partial charge is 0.349 e. The standard InChI is InChI=1S/C23H21NO7/c1-4-24-22(26)18-11-15-6-9-17(13-20(15)31-23(18)27)30-21(25)10-7-14-5-8-16(28-2)12-19(14)29-3/h5-13H,4H2,1-3H3,(H,24,26)/b10-7+. The molecule has 0 bridgehead atoms. The minimum Gasteiger partial charge on any atom is -0.497 e. The van der Waals surface area contributed by atoms with Gasteiger partial charge in [-0.05, 0) is 43.3 Å². The van der Waals surface area contributed by atoms with E-state index in [0.29, 0.717) is 29.0 Å². The van der Waals surface area contributed by atoms with E-state index in [4.69, 9.17) is 18.6 Å². The van der Waals surface area contributed by atoms with Crippen molar-refractivity contribution in [2.75, 3.05) is 20.8 Å². The van der Waals surface area contributed by atoms with Crippen LogP contribution in [0.1, 0.15) is 22.8 Å². The Morgan fingerprint density at radius 2 is 1.81 bits per heavy atom. The summed E-state index contributed by atoms with van der Waals surface area (Å²) in [5.74, 6) is 0.229. The maximum atomic E-state index is 12.2. The fraction of sp³-hybridized carbons (Fsp3) is 0.174. The number of hydrogen-bond donors (Lipinski definition) is 1. The molecule has 1 N–H and O–H groups in total. The van der Waals surface area contributed by atoms with Crippen LogP contribution in [0.4, 0.5) is 0 Å². The molecule has 0 aliphatic heterocycles. The number of benzene rings is 2. The zero-order chi connectivity index (χ0) is 22.4. The lowest BCUT2D eigenvalue weighted by atomic mass is 10.1. The summed E-state index contributed by atoms with van der Waals surface area (Å²) in [6.07, 6.45) is 2.81. The maximum absolute atomic E-state index is 12.2. The first-order chi connectivity index (χ1) is 14.9. The number of hydrogen-bond acceptors (Lipinski definition) is 7. The largest absolute Gasteiger partial charge is 0.497 e. The lowest BCUT2D eigenvalue weighted by Gasteiger charge is -2.07. The van der Waals surface area contributed by atoms with Crippen LogP contribution in [0.5, 0.6) is 17.2 Å². The molecule has 1 heterocycles. The predicted octanol–water partition coefficient (Wildman–Crippen LogP) is 3.18. The summed E-state index contributed by atoms with van der Waals surface area (Å²) in [5.41, 5.74) is 0.00989. The van der Waals surface area contributed by atoms with Crippen molar-refractivity contribution in [3.8, 4) is 17.2 Å². The van der Waals surface area contributed by atoms with Crippen molar-refractivity contribution in [1.29, 1.82) is 0 Å². The molecule has 0 saturated heterocycles. The second-order valence-electron chi connectivity index (χ2n) is 6.37. The van der Waals surface area contributed by atoms with Gasteiger partial charge in [0.1, 0.15) is 28.4 Å². The van der Waals surface area contributed by atoms with Gasteiger partial charge in [-0.1, -0.05) is 0 Å². The van der Waals surface area contributed by atoms with Crippen LogP contribution < -0.4 is 25.2 Å². The van der Waals surface area contributed by atoms with Gasteiger partial charge in [0.25, 0.3) is 5.91 Å². The van der Waals surface area contributed by atoms with Crippen LogP contribution in [0.25, 0.3) is 17.0 Å². The number of carbonyl (C=O) groups excluding carboxylic acids is 2. The van der Waals surface area contributed by atoms with Crippen molar-refractivity contribution < 1.29 is 28.2 Å². The van der Waals surface area contributed by atoms with Crippen LogP contribution in [-0.4, -0.2) is 32.6 Å². The van der Waals surface area contributed by atoms with E-state index in [-0.39, 0.29) is 16.9 Å². The lowest BCUT2D eigenvalue weighted by molar-refractivity contribution is -0.128. The zero-order valence-corrected chi connectivity index (χ0v) is 17.3. The Balaban J connectivity index is 1.78. The highest BCUT2D eigenvalue weighted by Gasteiger charge is 2.13. The molecule has 2 aromatic carbocycles. The molecule has 1 amide bonds. The molecule has 8 heteroatoms. The van der Waals surface area contributed by atoms with Crippen LogP contribution in [0.15, 0.2) is 57.8 Å². The average Bonchev–Trinajstić information content (AvgIpc) is 2.77. The Morgan fingerprint density at radius 1 is 1.03 bits per heavy atom. The van der Waals surface area contributed by atoms with E-state index in [1.54, 1.807) is 50.4 Å². The third-order valence-electron chi connectivity index (χ3n) is 4.35. The Labute approximate surface area is 178 Å². The first kappa shape index (κ1) is 21.6. The number of carbonyl (C=O) groups is 2. The second-order valence-corrected chi connectivity index (χ2v) is 6.37. The van der Waals surface area contributed by atoms with Gasteiger partial charge in [0.05, 0.1) is 14.2 Å². The fourth-order valence-corrected chi connectivity index (χ4v) is 2.83. The quantitative estimate of drug-likeness (QED) is 0.269. The third-order valence-corrected chi connectivity index (χ3v) is 4.35. The predicted molar refractivity (Wildman–Crippen MR) is 115 cm³/mol. The minimum atomic E-state index is -0.770. The number of ether oxygens (including phenoxy) is 3. The third kappa shape index (κ3) is 5.11. The molecule has 0 aliphatic carbocycles. The van der Waals surface area contributed by atoms with Crippen LogP contribution in [0.3, 0.4) is 0 Å². The van der Waals surface area contributed by atoms with Gasteiger partial charge in [-0.3, -0.25) is 4.79 Å². The molecule has 0 radical (unpaired) electrons. The molecular formula is C23H21NO7. The summed E-state index contributed by atoms with van der Waals surface area (Å²) in [6, 6.07) is 11.2. The first-order valence-electron chi connectivity index (χ1n) is 9.43. The normalized spacial score (nSPS) is 10.8. The number of amides is 1. The summed E-state index contributed by atoms with van der Waals surface area (Å²) in [4.78, 5) is 36.2. The summed E-state index contributed by atoms with van der Waals surface area (Å²) < 4.78 is 20.9. The molecule has 0 aliphatic rings. The maximum Gasteiger partial charge on any atom is 0.349 e. The van der Waals surface area contributed by atoms with Crippen LogP contribution in [0, 0.1) is 0 Å². The number of nitrogens with one attached hydrogen (secondary N) is 1. The Hall–Kier alpha value is -4.07. The molecular weight excluding hydrogens is 402 g/mol. The van der Waals surface area contributed by atoms with Gasteiger partial charge in [0.2, 0.25) is 0 Å². The average molecular weight is 423 g/mol. The molecule has 3 rings (SSSR count). The Morgan fingerprint density at radius 3 is 2.52 bits per heavy atom. The Bertz CT molecular complexity index is 1210. The van der Waals surface area contributed by atoms with E-state index in [2.05, 4.69) is 5.32 Å². The molecule has 160 valence electrons. The molecule has 0 atom stereocenters. The highest BCUT2D eigenvalue weighted by Crippen LogP contribution is 2.26. The van der Waals surface area contributed by atoms with Crippen molar-refractivity contribution >= 4 is 28.9 Å². The topological polar surface area (TPSA) is 104 Å². The van der Waals surface area contributed by atoms with Gasteiger partial charge in [0, 0.05) is 35.7 Å². The van der Waals surface area contributed by atoms with Crippen LogP contribution >= 0.6 is 0 Å². The zero-order valence-electron chi connectivity index (χ0n) is 17.3. The van der Waals surface area contributed by atoms with Gasteiger partial charge in [-0.15, -0.1) is 0 Å². The molecule has 8 nitrogen and oxygen atoms in total. The van der Waals surface area contributed by atoms with Crippen molar-refractivity contribution in [3.05, 3.63) is 70.1 Å². The van der Waals surface area contributed by atoms with Crippen molar-refractivity contribution in [2.24, 2.45) is 0 Å². The number of fused-ring (bicyclic) bond motifs is 1. The van der Waals surface area contributed by atoms with E-state index in [1.807, 2.05) is 0 Å². The summed E-state index contributed by atoms with van der Waals surface area (Å²) >= 11 is 0.